The molecule has 6 heteroatoms. The van der Waals surface area contributed by atoms with E-state index in [4.69, 9.17) is 19.7 Å². The average molecular weight is 529 g/mol. The Morgan fingerprint density at radius 3 is 1.84 bits per heavy atom. The molecular formula is C32H48O6. The molecule has 0 heterocycles. The van der Waals surface area contributed by atoms with Crippen molar-refractivity contribution >= 4 is 11.9 Å². The van der Waals surface area contributed by atoms with Crippen molar-refractivity contribution in [2.45, 2.75) is 95.8 Å². The van der Waals surface area contributed by atoms with E-state index in [0.717, 1.165) is 18.8 Å². The minimum absolute atomic E-state index is 0.0541. The summed E-state index contributed by atoms with van der Waals surface area (Å²) in [5.41, 5.74) is 2.77. The molecule has 1 aromatic rings. The van der Waals surface area contributed by atoms with Gasteiger partial charge in [-0.15, -0.1) is 0 Å². The highest BCUT2D eigenvalue weighted by molar-refractivity contribution is 5.88. The summed E-state index contributed by atoms with van der Waals surface area (Å²) in [6, 6.07) is 9.01. The van der Waals surface area contributed by atoms with Gasteiger partial charge in [0.2, 0.25) is 0 Å². The monoisotopic (exact) mass is 528 g/mol. The Morgan fingerprint density at radius 1 is 0.842 bits per heavy atom. The van der Waals surface area contributed by atoms with E-state index >= 15 is 0 Å². The summed E-state index contributed by atoms with van der Waals surface area (Å²) in [5.74, 6) is 0.642. The number of aliphatic hydroxyl groups excluding tert-OH is 2. The standard InChI is InChI=1S/C32H48O6/c1-4-5-6-9-26-12-14-28(15-13-26)30-18-16-29(17-19-30)27(10-7-20-37-31(35)24(2)22-33)11-8-21-38-32(36)25(3)23-34/h16-19,26-28,33-34H,2-15,20-23H2,1H3. The largest absolute Gasteiger partial charge is 0.462 e. The normalized spacial score (nSPS) is 17.3. The zero-order chi connectivity index (χ0) is 27.8. The minimum atomic E-state index is -0.565. The predicted molar refractivity (Wildman–Crippen MR) is 151 cm³/mol. The van der Waals surface area contributed by atoms with Crippen molar-refractivity contribution in [3.8, 4) is 0 Å². The van der Waals surface area contributed by atoms with Crippen LogP contribution in [-0.2, 0) is 19.1 Å². The third kappa shape index (κ3) is 11.1. The maximum Gasteiger partial charge on any atom is 0.335 e. The van der Waals surface area contributed by atoms with Gasteiger partial charge >= 0.3 is 11.9 Å². The molecule has 0 bridgehead atoms. The zero-order valence-corrected chi connectivity index (χ0v) is 23.3. The van der Waals surface area contributed by atoms with Gasteiger partial charge in [0.25, 0.3) is 0 Å². The van der Waals surface area contributed by atoms with Crippen molar-refractivity contribution in [3.05, 3.63) is 59.7 Å². The highest BCUT2D eigenvalue weighted by Crippen LogP contribution is 2.38. The van der Waals surface area contributed by atoms with Crippen molar-refractivity contribution < 1.29 is 29.3 Å². The van der Waals surface area contributed by atoms with Gasteiger partial charge in [-0.1, -0.05) is 70.0 Å². The number of hydrogen-bond donors (Lipinski definition) is 2. The van der Waals surface area contributed by atoms with Crippen LogP contribution in [0.3, 0.4) is 0 Å². The number of esters is 2. The van der Waals surface area contributed by atoms with Crippen molar-refractivity contribution in [2.75, 3.05) is 26.4 Å². The molecule has 38 heavy (non-hydrogen) atoms. The van der Waals surface area contributed by atoms with Crippen LogP contribution in [0, 0.1) is 5.92 Å². The Morgan fingerprint density at radius 2 is 1.37 bits per heavy atom. The van der Waals surface area contributed by atoms with Crippen molar-refractivity contribution in [1.29, 1.82) is 0 Å². The Hall–Kier alpha value is -2.44. The molecule has 2 rings (SSSR count). The lowest BCUT2D eigenvalue weighted by molar-refractivity contribution is -0.140. The lowest BCUT2D eigenvalue weighted by Gasteiger charge is -2.29. The molecule has 1 aliphatic carbocycles. The number of rotatable bonds is 18. The number of benzene rings is 1. The van der Waals surface area contributed by atoms with Gasteiger partial charge < -0.3 is 19.7 Å². The molecule has 0 spiro atoms. The SMILES string of the molecule is C=C(CO)C(=O)OCCCC(CCCOC(=O)C(=C)CO)c1ccc(C2CCC(CCCCC)CC2)cc1. The van der Waals surface area contributed by atoms with E-state index < -0.39 is 25.2 Å². The summed E-state index contributed by atoms with van der Waals surface area (Å²) in [7, 11) is 0. The summed E-state index contributed by atoms with van der Waals surface area (Å²) in [6.45, 7) is 8.97. The molecule has 0 atom stereocenters. The van der Waals surface area contributed by atoms with Gasteiger partial charge in [-0.25, -0.2) is 9.59 Å². The fourth-order valence-corrected chi connectivity index (χ4v) is 5.31. The van der Waals surface area contributed by atoms with E-state index in [0.29, 0.717) is 18.8 Å². The summed E-state index contributed by atoms with van der Waals surface area (Å²) in [5, 5.41) is 18.1. The first-order valence-electron chi connectivity index (χ1n) is 14.4. The first-order chi connectivity index (χ1) is 18.4. The fraction of sp³-hybridized carbons (Fsp3) is 0.625. The Kier molecular flexibility index (Phi) is 15.0. The molecule has 0 radical (unpaired) electrons. The molecule has 1 fully saturated rings. The third-order valence-corrected chi connectivity index (χ3v) is 7.76. The lowest BCUT2D eigenvalue weighted by Crippen LogP contribution is -2.14. The molecule has 1 aromatic carbocycles. The first-order valence-corrected chi connectivity index (χ1v) is 14.4. The second-order valence-corrected chi connectivity index (χ2v) is 10.7. The molecule has 1 aliphatic rings. The molecule has 0 unspecified atom stereocenters. The molecule has 0 aromatic heterocycles. The van der Waals surface area contributed by atoms with Crippen LogP contribution in [0.25, 0.3) is 0 Å². The number of carbonyl (C=O) groups excluding carboxylic acids is 2. The highest BCUT2D eigenvalue weighted by atomic mass is 16.5. The van der Waals surface area contributed by atoms with Gasteiger partial charge in [0, 0.05) is 0 Å². The number of ether oxygens (including phenoxy) is 2. The maximum absolute atomic E-state index is 11.8. The van der Waals surface area contributed by atoms with Gasteiger partial charge in [-0.05, 0) is 80.2 Å². The molecule has 212 valence electrons. The minimum Gasteiger partial charge on any atom is -0.462 e. The van der Waals surface area contributed by atoms with E-state index in [1.807, 2.05) is 0 Å². The molecule has 2 N–H and O–H groups in total. The topological polar surface area (TPSA) is 93.1 Å². The van der Waals surface area contributed by atoms with E-state index in [1.165, 1.54) is 62.5 Å². The fourth-order valence-electron chi connectivity index (χ4n) is 5.31. The van der Waals surface area contributed by atoms with E-state index in [1.54, 1.807) is 0 Å². The number of unbranched alkanes of at least 4 members (excludes halogenated alkanes) is 2. The first kappa shape index (κ1) is 31.8. The van der Waals surface area contributed by atoms with Crippen LogP contribution in [-0.4, -0.2) is 48.6 Å². The number of hydrogen-bond acceptors (Lipinski definition) is 6. The summed E-state index contributed by atoms with van der Waals surface area (Å²) >= 11 is 0. The second kappa shape index (κ2) is 18.0. The molecule has 6 nitrogen and oxygen atoms in total. The van der Waals surface area contributed by atoms with Crippen LogP contribution in [0.2, 0.25) is 0 Å². The van der Waals surface area contributed by atoms with Crippen LogP contribution in [0.4, 0.5) is 0 Å². The smallest absolute Gasteiger partial charge is 0.335 e. The molecule has 0 amide bonds. The quantitative estimate of drug-likeness (QED) is 0.131. The van der Waals surface area contributed by atoms with Gasteiger partial charge in [0.15, 0.2) is 0 Å². The van der Waals surface area contributed by atoms with Gasteiger partial charge in [0.1, 0.15) is 0 Å². The van der Waals surface area contributed by atoms with E-state index in [2.05, 4.69) is 44.3 Å². The maximum atomic E-state index is 11.8. The van der Waals surface area contributed by atoms with Crippen molar-refractivity contribution in [2.24, 2.45) is 5.92 Å². The summed E-state index contributed by atoms with van der Waals surface area (Å²) < 4.78 is 10.4. The van der Waals surface area contributed by atoms with Crippen LogP contribution in [0.5, 0.6) is 0 Å². The highest BCUT2D eigenvalue weighted by Gasteiger charge is 2.22. The molecule has 1 saturated carbocycles. The van der Waals surface area contributed by atoms with Gasteiger partial charge in [-0.2, -0.15) is 0 Å². The Bertz CT molecular complexity index is 830. The number of aliphatic hydroxyl groups is 2. The average Bonchev–Trinajstić information content (AvgIpc) is 2.95. The Balaban J connectivity index is 1.91. The van der Waals surface area contributed by atoms with Crippen LogP contribution in [0.1, 0.15) is 107 Å². The summed E-state index contributed by atoms with van der Waals surface area (Å²) in [6.07, 6.45) is 13.6. The van der Waals surface area contributed by atoms with Crippen LogP contribution in [0.15, 0.2) is 48.6 Å². The van der Waals surface area contributed by atoms with E-state index in [9.17, 15) is 9.59 Å². The van der Waals surface area contributed by atoms with Gasteiger partial charge in [-0.3, -0.25) is 0 Å². The molecule has 0 saturated heterocycles. The van der Waals surface area contributed by atoms with Crippen LogP contribution < -0.4 is 0 Å². The zero-order valence-electron chi connectivity index (χ0n) is 23.3. The second-order valence-electron chi connectivity index (χ2n) is 10.7. The van der Waals surface area contributed by atoms with Gasteiger partial charge in [0.05, 0.1) is 37.6 Å². The molecule has 0 aliphatic heterocycles. The van der Waals surface area contributed by atoms with Crippen molar-refractivity contribution in [3.63, 3.8) is 0 Å². The Labute approximate surface area is 229 Å². The summed E-state index contributed by atoms with van der Waals surface area (Å²) in [4.78, 5) is 23.5. The number of carbonyl (C=O) groups is 2. The van der Waals surface area contributed by atoms with Crippen LogP contribution >= 0.6 is 0 Å². The third-order valence-electron chi connectivity index (χ3n) is 7.76. The molecular weight excluding hydrogens is 480 g/mol. The van der Waals surface area contributed by atoms with Crippen molar-refractivity contribution in [1.82, 2.24) is 0 Å². The lowest BCUT2D eigenvalue weighted by atomic mass is 9.76. The predicted octanol–water partition coefficient (Wildman–Crippen LogP) is 6.37. The van der Waals surface area contributed by atoms with E-state index in [-0.39, 0.29) is 30.3 Å².